The van der Waals surface area contributed by atoms with Crippen molar-refractivity contribution in [3.63, 3.8) is 0 Å². The molecule has 0 saturated carbocycles. The van der Waals surface area contributed by atoms with E-state index in [0.29, 0.717) is 41.8 Å². The van der Waals surface area contributed by atoms with Crippen LogP contribution in [0, 0.1) is 0 Å². The van der Waals surface area contributed by atoms with Crippen LogP contribution in [0.5, 0.6) is 11.5 Å². The topological polar surface area (TPSA) is 76.2 Å². The highest BCUT2D eigenvalue weighted by atomic mass is 35.5. The highest BCUT2D eigenvalue weighted by Crippen LogP contribution is 2.38. The summed E-state index contributed by atoms with van der Waals surface area (Å²) in [5, 5.41) is -0.114. The lowest BCUT2D eigenvalue weighted by Gasteiger charge is -2.18. The molecule has 0 bridgehead atoms. The number of amides is 3. The lowest BCUT2D eigenvalue weighted by atomic mass is 10.1. The van der Waals surface area contributed by atoms with Crippen molar-refractivity contribution in [3.8, 4) is 11.5 Å². The van der Waals surface area contributed by atoms with Crippen LogP contribution in [-0.4, -0.2) is 60.2 Å². The van der Waals surface area contributed by atoms with Crippen molar-refractivity contribution < 1.29 is 23.9 Å². The predicted octanol–water partition coefficient (Wildman–Crippen LogP) is 3.41. The number of ether oxygens (including phenoxy) is 2. The van der Waals surface area contributed by atoms with Gasteiger partial charge in [0.25, 0.3) is 11.1 Å². The Morgan fingerprint density at radius 2 is 2.00 bits per heavy atom. The first-order chi connectivity index (χ1) is 13.4. The van der Waals surface area contributed by atoms with Crippen molar-refractivity contribution in [2.45, 2.75) is 19.8 Å². The number of nitrogens with zero attached hydrogens (tertiary/aromatic N) is 2. The van der Waals surface area contributed by atoms with E-state index in [1.807, 2.05) is 6.92 Å². The summed E-state index contributed by atoms with van der Waals surface area (Å²) in [6, 6.07) is 3.32. The van der Waals surface area contributed by atoms with Crippen molar-refractivity contribution in [2.24, 2.45) is 0 Å². The molecule has 3 rings (SSSR count). The van der Waals surface area contributed by atoms with E-state index in [0.717, 1.165) is 29.5 Å². The van der Waals surface area contributed by atoms with Gasteiger partial charge in [0.15, 0.2) is 11.5 Å². The fraction of sp³-hybridized carbons (Fsp3) is 0.421. The highest BCUT2D eigenvalue weighted by molar-refractivity contribution is 8.18. The van der Waals surface area contributed by atoms with Gasteiger partial charge < -0.3 is 14.4 Å². The maximum absolute atomic E-state index is 12.6. The molecule has 28 heavy (non-hydrogen) atoms. The molecule has 2 heterocycles. The van der Waals surface area contributed by atoms with Gasteiger partial charge in [-0.05, 0) is 55.3 Å². The summed E-state index contributed by atoms with van der Waals surface area (Å²) >= 11 is 7.05. The first kappa shape index (κ1) is 20.5. The molecule has 9 heteroatoms. The van der Waals surface area contributed by atoms with Crippen molar-refractivity contribution in [2.75, 3.05) is 33.4 Å². The van der Waals surface area contributed by atoms with Crippen LogP contribution in [0.3, 0.4) is 0 Å². The zero-order valence-corrected chi connectivity index (χ0v) is 17.3. The SMILES string of the molecule is CCOc1cc(C=C2SC(=O)N(CC(=O)N3CCCC3)C2=O)cc(Cl)c1OC. The third-order valence-electron chi connectivity index (χ3n) is 4.46. The van der Waals surface area contributed by atoms with E-state index in [9.17, 15) is 14.4 Å². The molecule has 0 unspecified atom stereocenters. The van der Waals surface area contributed by atoms with E-state index >= 15 is 0 Å². The Hall–Kier alpha value is -2.19. The number of hydrogen-bond donors (Lipinski definition) is 0. The van der Waals surface area contributed by atoms with Gasteiger partial charge in [-0.25, -0.2) is 0 Å². The Kier molecular flexibility index (Phi) is 6.51. The minimum atomic E-state index is -0.479. The van der Waals surface area contributed by atoms with Crippen LogP contribution in [0.1, 0.15) is 25.3 Å². The minimum absolute atomic E-state index is 0.202. The number of imide groups is 1. The molecular formula is C19H21ClN2O5S. The molecule has 1 aromatic carbocycles. The largest absolute Gasteiger partial charge is 0.491 e. The molecule has 0 aliphatic carbocycles. The van der Waals surface area contributed by atoms with Crippen molar-refractivity contribution >= 4 is 46.5 Å². The second-order valence-electron chi connectivity index (χ2n) is 6.32. The Bertz CT molecular complexity index is 836. The molecule has 0 spiro atoms. The number of benzene rings is 1. The molecule has 7 nitrogen and oxygen atoms in total. The first-order valence-electron chi connectivity index (χ1n) is 8.98. The van der Waals surface area contributed by atoms with Crippen LogP contribution >= 0.6 is 23.4 Å². The summed E-state index contributed by atoms with van der Waals surface area (Å²) in [6.07, 6.45) is 3.47. The fourth-order valence-corrected chi connectivity index (χ4v) is 4.26. The van der Waals surface area contributed by atoms with Crippen LogP contribution in [0.15, 0.2) is 17.0 Å². The Balaban J connectivity index is 1.80. The maximum atomic E-state index is 12.6. The summed E-state index contributed by atoms with van der Waals surface area (Å²) in [5.74, 6) is 0.178. The second-order valence-corrected chi connectivity index (χ2v) is 7.72. The van der Waals surface area contributed by atoms with Gasteiger partial charge in [-0.2, -0.15) is 0 Å². The monoisotopic (exact) mass is 424 g/mol. The average Bonchev–Trinajstić information content (AvgIpc) is 3.27. The molecule has 0 atom stereocenters. The van der Waals surface area contributed by atoms with Crippen LogP contribution in [-0.2, 0) is 9.59 Å². The number of halogens is 1. The summed E-state index contributed by atoms with van der Waals surface area (Å²) in [5.41, 5.74) is 0.602. The van der Waals surface area contributed by atoms with Crippen LogP contribution < -0.4 is 9.47 Å². The number of rotatable bonds is 6. The van der Waals surface area contributed by atoms with Gasteiger partial charge in [-0.15, -0.1) is 0 Å². The van der Waals surface area contributed by atoms with E-state index in [-0.39, 0.29) is 17.4 Å². The Morgan fingerprint density at radius 1 is 1.29 bits per heavy atom. The van der Waals surface area contributed by atoms with E-state index < -0.39 is 11.1 Å². The Labute approximate surface area is 172 Å². The molecule has 0 aromatic heterocycles. The minimum Gasteiger partial charge on any atom is -0.491 e. The fourth-order valence-electron chi connectivity index (χ4n) is 3.12. The van der Waals surface area contributed by atoms with Gasteiger partial charge in [0, 0.05) is 13.1 Å². The zero-order valence-electron chi connectivity index (χ0n) is 15.7. The van der Waals surface area contributed by atoms with E-state index in [1.165, 1.54) is 7.11 Å². The number of carbonyl (C=O) groups excluding carboxylic acids is 3. The molecule has 0 N–H and O–H groups in total. The van der Waals surface area contributed by atoms with E-state index in [2.05, 4.69) is 0 Å². The standard InChI is InChI=1S/C19H21ClN2O5S/c1-3-27-14-9-12(8-13(20)17(14)26-2)10-15-18(24)22(19(25)28-15)11-16(23)21-6-4-5-7-21/h8-10H,3-7,11H2,1-2H3. The van der Waals surface area contributed by atoms with Gasteiger partial charge >= 0.3 is 0 Å². The average molecular weight is 425 g/mol. The van der Waals surface area contributed by atoms with Gasteiger partial charge in [-0.3, -0.25) is 19.3 Å². The van der Waals surface area contributed by atoms with Crippen LogP contribution in [0.2, 0.25) is 5.02 Å². The summed E-state index contributed by atoms with van der Waals surface area (Å²) in [7, 11) is 1.49. The summed E-state index contributed by atoms with van der Waals surface area (Å²) in [6.45, 7) is 3.38. The number of carbonyl (C=O) groups is 3. The molecule has 2 aliphatic heterocycles. The number of likely N-dealkylation sites (tertiary alicyclic amines) is 1. The van der Waals surface area contributed by atoms with Crippen LogP contribution in [0.4, 0.5) is 4.79 Å². The van der Waals surface area contributed by atoms with Crippen molar-refractivity contribution in [3.05, 3.63) is 27.6 Å². The van der Waals surface area contributed by atoms with Gasteiger partial charge in [0.1, 0.15) is 6.54 Å². The number of thioether (sulfide) groups is 1. The molecule has 150 valence electrons. The van der Waals surface area contributed by atoms with Gasteiger partial charge in [-0.1, -0.05) is 11.6 Å². The van der Waals surface area contributed by atoms with Crippen LogP contribution in [0.25, 0.3) is 6.08 Å². The van der Waals surface area contributed by atoms with Gasteiger partial charge in [0.05, 0.1) is 23.6 Å². The molecule has 2 fully saturated rings. The quantitative estimate of drug-likeness (QED) is 0.651. The lowest BCUT2D eigenvalue weighted by Crippen LogP contribution is -2.40. The van der Waals surface area contributed by atoms with Gasteiger partial charge in [0.2, 0.25) is 5.91 Å². The maximum Gasteiger partial charge on any atom is 0.294 e. The molecule has 1 aromatic rings. The predicted molar refractivity (Wildman–Crippen MR) is 108 cm³/mol. The van der Waals surface area contributed by atoms with E-state index in [4.69, 9.17) is 21.1 Å². The smallest absolute Gasteiger partial charge is 0.294 e. The Morgan fingerprint density at radius 3 is 2.64 bits per heavy atom. The number of hydrogen-bond acceptors (Lipinski definition) is 6. The zero-order chi connectivity index (χ0) is 20.3. The summed E-state index contributed by atoms with van der Waals surface area (Å²) in [4.78, 5) is 40.1. The van der Waals surface area contributed by atoms with Crippen molar-refractivity contribution in [1.29, 1.82) is 0 Å². The lowest BCUT2D eigenvalue weighted by molar-refractivity contribution is -0.135. The number of methoxy groups -OCH3 is 1. The molecular weight excluding hydrogens is 404 g/mol. The second kappa shape index (κ2) is 8.87. The highest BCUT2D eigenvalue weighted by Gasteiger charge is 2.37. The third-order valence-corrected chi connectivity index (χ3v) is 5.65. The molecule has 2 saturated heterocycles. The summed E-state index contributed by atoms with van der Waals surface area (Å²) < 4.78 is 10.8. The molecule has 0 radical (unpaired) electrons. The van der Waals surface area contributed by atoms with Crippen molar-refractivity contribution in [1.82, 2.24) is 9.80 Å². The van der Waals surface area contributed by atoms with E-state index in [1.54, 1.807) is 23.1 Å². The normalized spacial score (nSPS) is 18.3. The first-order valence-corrected chi connectivity index (χ1v) is 10.2. The molecule has 3 amide bonds. The third kappa shape index (κ3) is 4.28. The molecule has 2 aliphatic rings.